The number of piperazine rings is 1. The van der Waals surface area contributed by atoms with E-state index in [9.17, 15) is 17.6 Å². The highest BCUT2D eigenvalue weighted by molar-refractivity contribution is 7.89. The van der Waals surface area contributed by atoms with Gasteiger partial charge in [-0.3, -0.25) is 4.79 Å². The number of carbonyl (C=O) groups is 1. The first-order chi connectivity index (χ1) is 16.7. The summed E-state index contributed by atoms with van der Waals surface area (Å²) in [6.45, 7) is 5.54. The van der Waals surface area contributed by atoms with E-state index < -0.39 is 10.0 Å². The van der Waals surface area contributed by atoms with Crippen molar-refractivity contribution in [3.8, 4) is 0 Å². The fourth-order valence-corrected chi connectivity index (χ4v) is 4.37. The van der Waals surface area contributed by atoms with Crippen molar-refractivity contribution in [2.24, 2.45) is 0 Å². The molecule has 0 spiro atoms. The van der Waals surface area contributed by atoms with Crippen LogP contribution in [0.3, 0.4) is 0 Å². The number of nitrogens with one attached hydrogen (secondary N) is 1. The van der Waals surface area contributed by atoms with Gasteiger partial charge in [0, 0.05) is 37.4 Å². The predicted octanol–water partition coefficient (Wildman–Crippen LogP) is 2.69. The van der Waals surface area contributed by atoms with Crippen LogP contribution >= 0.6 is 0 Å². The lowest BCUT2D eigenvalue weighted by atomic mass is 10.2. The molecule has 1 amide bonds. The number of carbonyl (C=O) groups excluding carboxylic acids is 1. The smallest absolute Gasteiger partial charge is 0.252 e. The summed E-state index contributed by atoms with van der Waals surface area (Å²) in [5.74, 6) is 0.237. The lowest BCUT2D eigenvalue weighted by Gasteiger charge is -2.35. The van der Waals surface area contributed by atoms with Crippen LogP contribution < -0.4 is 10.2 Å². The third kappa shape index (κ3) is 5.32. The Kier molecular flexibility index (Phi) is 6.83. The molecule has 1 aliphatic rings. The third-order valence-electron chi connectivity index (χ3n) is 5.53. The van der Waals surface area contributed by atoms with Crippen LogP contribution in [-0.2, 0) is 14.8 Å². The average molecular weight is 500 g/mol. The Morgan fingerprint density at radius 1 is 1.11 bits per heavy atom. The Morgan fingerprint density at radius 2 is 1.80 bits per heavy atom. The van der Waals surface area contributed by atoms with Crippen LogP contribution in [0.5, 0.6) is 0 Å². The molecule has 0 unspecified atom stereocenters. The summed E-state index contributed by atoms with van der Waals surface area (Å²) >= 11 is 0. The zero-order chi connectivity index (χ0) is 25.2. The van der Waals surface area contributed by atoms with Crippen molar-refractivity contribution in [1.82, 2.24) is 24.1 Å². The number of fused-ring (bicyclic) bond motifs is 1. The highest BCUT2D eigenvalue weighted by Gasteiger charge is 2.26. The van der Waals surface area contributed by atoms with Gasteiger partial charge in [-0.1, -0.05) is 18.2 Å². The van der Waals surface area contributed by atoms with Gasteiger partial charge in [-0.15, -0.1) is 4.09 Å². The number of anilines is 3. The van der Waals surface area contributed by atoms with Gasteiger partial charge in [0.05, 0.1) is 17.8 Å². The minimum absolute atomic E-state index is 0.0343. The van der Waals surface area contributed by atoms with Crippen LogP contribution in [0.1, 0.15) is 13.8 Å². The SMILES string of the molecule is C/C=C\C=C(/C)C(=O)N1CCN(c2nc(Nc3ccc(F)cc3)c3cnn(S(C)(=O)=O)c3n2)CC1. The zero-order valence-corrected chi connectivity index (χ0v) is 20.5. The Labute approximate surface area is 202 Å². The van der Waals surface area contributed by atoms with Gasteiger partial charge < -0.3 is 15.1 Å². The predicted molar refractivity (Wildman–Crippen MR) is 133 cm³/mol. The maximum atomic E-state index is 13.3. The zero-order valence-electron chi connectivity index (χ0n) is 19.6. The second kappa shape index (κ2) is 9.82. The summed E-state index contributed by atoms with van der Waals surface area (Å²) in [5, 5.41) is 7.50. The minimum Gasteiger partial charge on any atom is -0.339 e. The summed E-state index contributed by atoms with van der Waals surface area (Å²) < 4.78 is 38.7. The largest absolute Gasteiger partial charge is 0.339 e. The Balaban J connectivity index is 1.65. The Morgan fingerprint density at radius 3 is 2.43 bits per heavy atom. The summed E-state index contributed by atoms with van der Waals surface area (Å²) in [5.41, 5.74) is 1.35. The van der Waals surface area contributed by atoms with E-state index in [0.29, 0.717) is 54.6 Å². The maximum Gasteiger partial charge on any atom is 0.252 e. The lowest BCUT2D eigenvalue weighted by molar-refractivity contribution is -0.127. The van der Waals surface area contributed by atoms with Crippen molar-refractivity contribution in [2.75, 3.05) is 42.7 Å². The molecule has 0 atom stereocenters. The molecule has 4 rings (SSSR count). The molecule has 2 aromatic heterocycles. The van der Waals surface area contributed by atoms with Crippen molar-refractivity contribution in [3.05, 3.63) is 60.1 Å². The van der Waals surface area contributed by atoms with E-state index in [4.69, 9.17) is 0 Å². The van der Waals surface area contributed by atoms with Crippen LogP contribution in [0.25, 0.3) is 11.0 Å². The van der Waals surface area contributed by atoms with Crippen LogP contribution in [0.2, 0.25) is 0 Å². The molecule has 1 fully saturated rings. The van der Waals surface area contributed by atoms with E-state index in [1.165, 1.54) is 18.3 Å². The van der Waals surface area contributed by atoms with E-state index in [1.54, 1.807) is 30.0 Å². The van der Waals surface area contributed by atoms with Gasteiger partial charge in [-0.05, 0) is 38.1 Å². The van der Waals surface area contributed by atoms with Crippen molar-refractivity contribution in [2.45, 2.75) is 13.8 Å². The quantitative estimate of drug-likeness (QED) is 0.407. The number of hydrogen-bond acceptors (Lipinski definition) is 8. The van der Waals surface area contributed by atoms with Gasteiger partial charge >= 0.3 is 0 Å². The second-order valence-electron chi connectivity index (χ2n) is 8.15. The molecule has 3 heterocycles. The average Bonchev–Trinajstić information content (AvgIpc) is 3.28. The summed E-state index contributed by atoms with van der Waals surface area (Å²) in [4.78, 5) is 25.5. The molecule has 12 heteroatoms. The van der Waals surface area contributed by atoms with Gasteiger partial charge in [0.15, 0.2) is 5.65 Å². The van der Waals surface area contributed by atoms with Crippen LogP contribution in [-0.4, -0.2) is 70.8 Å². The van der Waals surface area contributed by atoms with E-state index >= 15 is 0 Å². The maximum absolute atomic E-state index is 13.3. The topological polar surface area (TPSA) is 113 Å². The van der Waals surface area contributed by atoms with Crippen molar-refractivity contribution in [3.63, 3.8) is 0 Å². The molecule has 1 aromatic carbocycles. The number of aromatic nitrogens is 4. The minimum atomic E-state index is -3.71. The number of nitrogens with zero attached hydrogens (tertiary/aromatic N) is 6. The van der Waals surface area contributed by atoms with Gasteiger partial charge in [0.25, 0.3) is 10.0 Å². The number of hydrogen-bond donors (Lipinski definition) is 1. The lowest BCUT2D eigenvalue weighted by Crippen LogP contribution is -2.49. The third-order valence-corrected chi connectivity index (χ3v) is 6.43. The molecule has 10 nitrogen and oxygen atoms in total. The van der Waals surface area contributed by atoms with E-state index in [0.717, 1.165) is 10.3 Å². The number of benzene rings is 1. The monoisotopic (exact) mass is 499 g/mol. The van der Waals surface area contributed by atoms with Crippen LogP contribution in [0.4, 0.5) is 21.8 Å². The number of amides is 1. The summed E-state index contributed by atoms with van der Waals surface area (Å²) in [7, 11) is -3.71. The molecule has 1 saturated heterocycles. The van der Waals surface area contributed by atoms with Crippen molar-refractivity contribution in [1.29, 1.82) is 0 Å². The van der Waals surface area contributed by atoms with Crippen molar-refractivity contribution >= 4 is 44.4 Å². The molecule has 3 aromatic rings. The van der Waals surface area contributed by atoms with Crippen LogP contribution in [0.15, 0.2) is 54.3 Å². The van der Waals surface area contributed by atoms with Crippen molar-refractivity contribution < 1.29 is 17.6 Å². The van der Waals surface area contributed by atoms with Gasteiger partial charge in [-0.2, -0.15) is 15.1 Å². The first-order valence-electron chi connectivity index (χ1n) is 11.0. The molecule has 35 heavy (non-hydrogen) atoms. The molecule has 1 aliphatic heterocycles. The fraction of sp³-hybridized carbons (Fsp3) is 0.304. The molecule has 0 saturated carbocycles. The summed E-state index contributed by atoms with van der Waals surface area (Å²) in [6.07, 6.45) is 7.89. The van der Waals surface area contributed by atoms with Gasteiger partial charge in [0.2, 0.25) is 11.9 Å². The van der Waals surface area contributed by atoms with Gasteiger partial charge in [-0.25, -0.2) is 12.8 Å². The second-order valence-corrected chi connectivity index (χ2v) is 9.96. The number of allylic oxidation sites excluding steroid dienone is 3. The molecule has 0 aliphatic carbocycles. The highest BCUT2D eigenvalue weighted by Crippen LogP contribution is 2.27. The molecule has 184 valence electrons. The molecular weight excluding hydrogens is 473 g/mol. The normalized spacial score (nSPS) is 15.3. The fourth-order valence-electron chi connectivity index (χ4n) is 3.70. The van der Waals surface area contributed by atoms with E-state index in [1.807, 2.05) is 24.0 Å². The molecule has 0 radical (unpaired) electrons. The first-order valence-corrected chi connectivity index (χ1v) is 12.8. The summed E-state index contributed by atoms with van der Waals surface area (Å²) in [6, 6.07) is 5.73. The van der Waals surface area contributed by atoms with Crippen LogP contribution in [0, 0.1) is 5.82 Å². The van der Waals surface area contributed by atoms with E-state index in [2.05, 4.69) is 20.4 Å². The Bertz CT molecular complexity index is 1410. The van der Waals surface area contributed by atoms with E-state index in [-0.39, 0.29) is 17.4 Å². The number of halogens is 1. The molecular formula is C23H26FN7O3S. The highest BCUT2D eigenvalue weighted by atomic mass is 32.2. The standard InChI is InChI=1S/C23H26FN7O3S/c1-4-5-6-16(2)22(32)29-11-13-30(14-12-29)23-27-20(26-18-9-7-17(24)8-10-18)19-15-25-31(21(19)28-23)35(3,33)34/h4-10,15H,11-14H2,1-3H3,(H,26,27,28)/b5-4-,16-6+. The Hall–Kier alpha value is -3.80. The first kappa shape index (κ1) is 24.3. The van der Waals surface area contributed by atoms with Gasteiger partial charge in [0.1, 0.15) is 11.6 Å². The molecule has 0 bridgehead atoms. The molecule has 1 N–H and O–H groups in total. The number of rotatable bonds is 6.